The number of hydrogen-bond acceptors (Lipinski definition) is 5. The lowest BCUT2D eigenvalue weighted by Gasteiger charge is -2.36. The molecular formula is C22H36N2O3. The first-order valence-electron chi connectivity index (χ1n) is 10.4. The third-order valence-corrected chi connectivity index (χ3v) is 6.26. The zero-order valence-electron chi connectivity index (χ0n) is 17.0. The summed E-state index contributed by atoms with van der Waals surface area (Å²) in [6, 6.07) is 8.44. The molecule has 1 aromatic rings. The lowest BCUT2D eigenvalue weighted by molar-refractivity contribution is -0.0934. The van der Waals surface area contributed by atoms with Crippen LogP contribution in [0.2, 0.25) is 0 Å². The van der Waals surface area contributed by atoms with Crippen LogP contribution in [0, 0.1) is 5.92 Å². The largest absolute Gasteiger partial charge is 0.497 e. The van der Waals surface area contributed by atoms with Gasteiger partial charge in [0.1, 0.15) is 5.75 Å². The average molecular weight is 377 g/mol. The van der Waals surface area contributed by atoms with Crippen LogP contribution in [0.5, 0.6) is 5.75 Å². The van der Waals surface area contributed by atoms with Crippen LogP contribution < -0.4 is 10.1 Å². The van der Waals surface area contributed by atoms with Crippen molar-refractivity contribution in [2.45, 2.75) is 44.2 Å². The number of benzene rings is 1. The molecule has 2 aliphatic heterocycles. The number of methoxy groups -OCH3 is 2. The van der Waals surface area contributed by atoms with Crippen molar-refractivity contribution in [3.8, 4) is 5.75 Å². The first-order chi connectivity index (χ1) is 13.2. The zero-order chi connectivity index (χ0) is 19.0. The van der Waals surface area contributed by atoms with Gasteiger partial charge in [-0.2, -0.15) is 0 Å². The van der Waals surface area contributed by atoms with Crippen molar-refractivity contribution in [2.75, 3.05) is 53.6 Å². The van der Waals surface area contributed by atoms with Crippen molar-refractivity contribution in [1.82, 2.24) is 10.2 Å². The molecule has 0 atom stereocenters. The molecule has 2 aliphatic rings. The summed E-state index contributed by atoms with van der Waals surface area (Å²) < 4.78 is 17.0. The zero-order valence-corrected chi connectivity index (χ0v) is 17.0. The number of likely N-dealkylation sites (tertiary alicyclic amines) is 1. The molecule has 1 N–H and O–H groups in total. The van der Waals surface area contributed by atoms with Crippen molar-refractivity contribution in [3.05, 3.63) is 29.8 Å². The Morgan fingerprint density at radius 2 is 1.78 bits per heavy atom. The smallest absolute Gasteiger partial charge is 0.118 e. The van der Waals surface area contributed by atoms with Gasteiger partial charge in [-0.15, -0.1) is 0 Å². The van der Waals surface area contributed by atoms with Crippen molar-refractivity contribution in [1.29, 1.82) is 0 Å². The molecule has 0 aromatic heterocycles. The highest BCUT2D eigenvalue weighted by Crippen LogP contribution is 2.25. The lowest BCUT2D eigenvalue weighted by atomic mass is 9.92. The molecule has 0 spiro atoms. The summed E-state index contributed by atoms with van der Waals surface area (Å²) >= 11 is 0. The second kappa shape index (κ2) is 10.4. The Labute approximate surface area is 164 Å². The van der Waals surface area contributed by atoms with Gasteiger partial charge in [0.25, 0.3) is 0 Å². The maximum absolute atomic E-state index is 6.04. The molecular weight excluding hydrogens is 340 g/mol. The van der Waals surface area contributed by atoms with E-state index in [0.717, 1.165) is 57.4 Å². The van der Waals surface area contributed by atoms with Crippen LogP contribution in [0.4, 0.5) is 0 Å². The van der Waals surface area contributed by atoms with Gasteiger partial charge in [-0.25, -0.2) is 0 Å². The lowest BCUT2D eigenvalue weighted by Crippen LogP contribution is -2.46. The Bertz CT molecular complexity index is 535. The highest BCUT2D eigenvalue weighted by Gasteiger charge is 2.32. The maximum atomic E-state index is 6.04. The quantitative estimate of drug-likeness (QED) is 0.671. The SMILES string of the molecule is COc1ccc(CN2CCC(CCOCC3(OC)CCNCC3)CC2)cc1. The van der Waals surface area contributed by atoms with Gasteiger partial charge in [0, 0.05) is 20.3 Å². The standard InChI is InChI=1S/C22H36N2O3/c1-25-21-5-3-20(4-6-21)17-24-14-7-19(8-15-24)9-16-27-18-22(26-2)10-12-23-13-11-22/h3-6,19,23H,7-18H2,1-2H3. The number of rotatable bonds is 9. The van der Waals surface area contributed by atoms with Crippen LogP contribution in [0.3, 0.4) is 0 Å². The third kappa shape index (κ3) is 6.18. The summed E-state index contributed by atoms with van der Waals surface area (Å²) in [7, 11) is 3.54. The Hall–Kier alpha value is -1.14. The van der Waals surface area contributed by atoms with Gasteiger partial charge in [0.2, 0.25) is 0 Å². The molecule has 27 heavy (non-hydrogen) atoms. The predicted octanol–water partition coefficient (Wildman–Crippen LogP) is 3.08. The molecule has 0 bridgehead atoms. The van der Waals surface area contributed by atoms with Crippen LogP contribution in [-0.4, -0.2) is 64.1 Å². The topological polar surface area (TPSA) is 43.0 Å². The summed E-state index contributed by atoms with van der Waals surface area (Å²) in [4.78, 5) is 2.56. The molecule has 0 unspecified atom stereocenters. The number of hydrogen-bond donors (Lipinski definition) is 1. The summed E-state index contributed by atoms with van der Waals surface area (Å²) in [5.74, 6) is 1.72. The number of nitrogens with zero attached hydrogens (tertiary/aromatic N) is 1. The molecule has 3 rings (SSSR count). The fraction of sp³-hybridized carbons (Fsp3) is 0.727. The van der Waals surface area contributed by atoms with Crippen molar-refractivity contribution in [2.24, 2.45) is 5.92 Å². The van der Waals surface area contributed by atoms with E-state index in [1.165, 1.54) is 37.9 Å². The molecule has 0 radical (unpaired) electrons. The fourth-order valence-electron chi connectivity index (χ4n) is 4.22. The molecule has 0 aliphatic carbocycles. The van der Waals surface area contributed by atoms with Crippen LogP contribution in [0.15, 0.2) is 24.3 Å². The van der Waals surface area contributed by atoms with Crippen LogP contribution in [0.25, 0.3) is 0 Å². The Kier molecular flexibility index (Phi) is 7.94. The van der Waals surface area contributed by atoms with Gasteiger partial charge in [-0.3, -0.25) is 4.90 Å². The Morgan fingerprint density at radius 3 is 2.41 bits per heavy atom. The van der Waals surface area contributed by atoms with Crippen LogP contribution in [0.1, 0.15) is 37.7 Å². The van der Waals surface area contributed by atoms with Gasteiger partial charge in [0.05, 0.1) is 19.3 Å². The van der Waals surface area contributed by atoms with E-state index in [1.54, 1.807) is 7.11 Å². The van der Waals surface area contributed by atoms with Crippen molar-refractivity contribution < 1.29 is 14.2 Å². The maximum Gasteiger partial charge on any atom is 0.118 e. The highest BCUT2D eigenvalue weighted by atomic mass is 16.5. The normalized spacial score (nSPS) is 21.3. The predicted molar refractivity (Wildman–Crippen MR) is 108 cm³/mol. The van der Waals surface area contributed by atoms with Gasteiger partial charge >= 0.3 is 0 Å². The Balaban J connectivity index is 1.31. The van der Waals surface area contributed by atoms with E-state index in [9.17, 15) is 0 Å². The van der Waals surface area contributed by atoms with Gasteiger partial charge < -0.3 is 19.5 Å². The van der Waals surface area contributed by atoms with Crippen molar-refractivity contribution in [3.63, 3.8) is 0 Å². The number of nitrogens with one attached hydrogen (secondary N) is 1. The average Bonchev–Trinajstić information content (AvgIpc) is 2.74. The highest BCUT2D eigenvalue weighted by molar-refractivity contribution is 5.27. The first kappa shape index (κ1) is 20.6. The molecule has 5 heteroatoms. The van der Waals surface area contributed by atoms with E-state index in [-0.39, 0.29) is 5.60 Å². The molecule has 152 valence electrons. The summed E-state index contributed by atoms with van der Waals surface area (Å²) in [6.45, 7) is 7.07. The second-order valence-corrected chi connectivity index (χ2v) is 8.05. The van der Waals surface area contributed by atoms with E-state index in [4.69, 9.17) is 14.2 Å². The van der Waals surface area contributed by atoms with Crippen molar-refractivity contribution >= 4 is 0 Å². The second-order valence-electron chi connectivity index (χ2n) is 8.05. The molecule has 2 saturated heterocycles. The van der Waals surface area contributed by atoms with Crippen LogP contribution >= 0.6 is 0 Å². The van der Waals surface area contributed by atoms with Gasteiger partial charge in [-0.05, 0) is 81.9 Å². The monoisotopic (exact) mass is 376 g/mol. The molecule has 5 nitrogen and oxygen atoms in total. The van der Waals surface area contributed by atoms with E-state index in [1.807, 2.05) is 7.11 Å². The van der Waals surface area contributed by atoms with Gasteiger partial charge in [-0.1, -0.05) is 12.1 Å². The summed E-state index contributed by atoms with van der Waals surface area (Å²) in [6.07, 6.45) is 5.83. The minimum Gasteiger partial charge on any atom is -0.497 e. The Morgan fingerprint density at radius 1 is 1.07 bits per heavy atom. The van der Waals surface area contributed by atoms with E-state index in [0.29, 0.717) is 0 Å². The molecule has 2 fully saturated rings. The minimum absolute atomic E-state index is 0.0625. The van der Waals surface area contributed by atoms with E-state index >= 15 is 0 Å². The summed E-state index contributed by atoms with van der Waals surface area (Å²) in [5.41, 5.74) is 1.30. The third-order valence-electron chi connectivity index (χ3n) is 6.26. The number of piperidine rings is 2. The fourth-order valence-corrected chi connectivity index (χ4v) is 4.22. The van der Waals surface area contributed by atoms with Gasteiger partial charge in [0.15, 0.2) is 0 Å². The van der Waals surface area contributed by atoms with E-state index in [2.05, 4.69) is 34.5 Å². The minimum atomic E-state index is -0.0625. The molecule has 0 amide bonds. The number of ether oxygens (including phenoxy) is 3. The first-order valence-corrected chi connectivity index (χ1v) is 10.4. The molecule has 0 saturated carbocycles. The molecule has 1 aromatic carbocycles. The summed E-state index contributed by atoms with van der Waals surface area (Å²) in [5, 5.41) is 3.40. The van der Waals surface area contributed by atoms with Crippen LogP contribution in [-0.2, 0) is 16.0 Å². The van der Waals surface area contributed by atoms with E-state index < -0.39 is 0 Å². The molecule has 2 heterocycles.